The molecule has 0 spiro atoms. The molecule has 0 atom stereocenters. The predicted molar refractivity (Wildman–Crippen MR) is 32.0 cm³/mol. The Morgan fingerprint density at radius 1 is 1.40 bits per heavy atom. The molecule has 0 aliphatic carbocycles. The highest BCUT2D eigenvalue weighted by Crippen LogP contribution is 2.45. The number of aliphatic carboxylic acids is 1. The molecule has 1 heterocycles. The second-order valence-corrected chi connectivity index (χ2v) is 3.34. The molecule has 0 aromatic rings. The fourth-order valence-corrected chi connectivity index (χ4v) is 0.684. The Bertz CT molecular complexity index is 163. The Hall–Kier alpha value is -0.610. The minimum absolute atomic E-state index is 0.515. The zero-order chi connectivity index (χ0) is 7.99. The first-order chi connectivity index (χ1) is 4.40. The third-order valence-corrected chi connectivity index (χ3v) is 1.52. The molecule has 0 aromatic carbocycles. The van der Waals surface area contributed by atoms with Gasteiger partial charge in [0.25, 0.3) is 0 Å². The molecular weight excluding hydrogens is 136 g/mol. The van der Waals surface area contributed by atoms with E-state index in [9.17, 15) is 4.79 Å². The van der Waals surface area contributed by atoms with Crippen LogP contribution in [-0.2, 0) is 14.6 Å². The lowest BCUT2D eigenvalue weighted by atomic mass is 9.87. The second kappa shape index (κ2) is 1.71. The summed E-state index contributed by atoms with van der Waals surface area (Å²) in [5.41, 5.74) is -0.515. The maximum absolute atomic E-state index is 10.5. The van der Waals surface area contributed by atoms with Crippen LogP contribution in [-0.4, -0.2) is 16.9 Å². The van der Waals surface area contributed by atoms with Gasteiger partial charge in [-0.25, -0.2) is 4.79 Å². The molecule has 0 bridgehead atoms. The van der Waals surface area contributed by atoms with Crippen molar-refractivity contribution in [1.29, 1.82) is 0 Å². The van der Waals surface area contributed by atoms with Crippen LogP contribution < -0.4 is 0 Å². The van der Waals surface area contributed by atoms with E-state index in [1.54, 1.807) is 20.8 Å². The third kappa shape index (κ3) is 0.803. The van der Waals surface area contributed by atoms with E-state index in [1.807, 2.05) is 0 Å². The molecule has 4 heteroatoms. The zero-order valence-electron chi connectivity index (χ0n) is 6.17. The van der Waals surface area contributed by atoms with E-state index in [2.05, 4.69) is 9.78 Å². The van der Waals surface area contributed by atoms with Crippen molar-refractivity contribution in [2.75, 3.05) is 0 Å². The van der Waals surface area contributed by atoms with Crippen LogP contribution >= 0.6 is 0 Å². The number of hydrogen-bond acceptors (Lipinski definition) is 3. The molecule has 4 nitrogen and oxygen atoms in total. The number of hydrogen-bond donors (Lipinski definition) is 1. The van der Waals surface area contributed by atoms with Gasteiger partial charge in [-0.2, -0.15) is 9.78 Å². The molecule has 0 unspecified atom stereocenters. The van der Waals surface area contributed by atoms with Gasteiger partial charge >= 0.3 is 11.8 Å². The predicted octanol–water partition coefficient (Wildman–Crippen LogP) is 0.775. The van der Waals surface area contributed by atoms with Gasteiger partial charge in [0.1, 0.15) is 0 Å². The monoisotopic (exact) mass is 146 g/mol. The van der Waals surface area contributed by atoms with Crippen LogP contribution in [0.3, 0.4) is 0 Å². The molecule has 1 saturated heterocycles. The Labute approximate surface area is 58.7 Å². The van der Waals surface area contributed by atoms with Crippen molar-refractivity contribution in [3.05, 3.63) is 0 Å². The fourth-order valence-electron chi connectivity index (χ4n) is 0.684. The van der Waals surface area contributed by atoms with Crippen LogP contribution in [0, 0.1) is 5.41 Å². The maximum Gasteiger partial charge on any atom is 0.370 e. The lowest BCUT2D eigenvalue weighted by Crippen LogP contribution is -2.37. The summed E-state index contributed by atoms with van der Waals surface area (Å²) in [4.78, 5) is 19.3. The minimum atomic E-state index is -1.40. The van der Waals surface area contributed by atoms with Crippen molar-refractivity contribution in [2.45, 2.75) is 26.6 Å². The zero-order valence-corrected chi connectivity index (χ0v) is 6.17. The topological polar surface area (TPSA) is 62.4 Å². The number of rotatable bonds is 1. The third-order valence-electron chi connectivity index (χ3n) is 1.52. The molecule has 0 amide bonds. The van der Waals surface area contributed by atoms with Crippen molar-refractivity contribution in [3.63, 3.8) is 0 Å². The van der Waals surface area contributed by atoms with Crippen molar-refractivity contribution in [1.82, 2.24) is 0 Å². The van der Waals surface area contributed by atoms with Crippen molar-refractivity contribution < 1.29 is 19.7 Å². The summed E-state index contributed by atoms with van der Waals surface area (Å²) in [6.45, 7) is 5.23. The van der Waals surface area contributed by atoms with Gasteiger partial charge in [-0.3, -0.25) is 0 Å². The highest BCUT2D eigenvalue weighted by atomic mass is 17.4. The average Bonchev–Trinajstić information content (AvgIpc) is 2.36. The standard InChI is InChI=1S/C6H10O4/c1-5(2,3)6(4(7)8)9-10-6/h1-3H3,(H,7,8). The van der Waals surface area contributed by atoms with E-state index in [-0.39, 0.29) is 0 Å². The van der Waals surface area contributed by atoms with Crippen LogP contribution in [0.25, 0.3) is 0 Å². The van der Waals surface area contributed by atoms with Gasteiger partial charge in [0.2, 0.25) is 0 Å². The molecule has 10 heavy (non-hydrogen) atoms. The molecule has 0 radical (unpaired) electrons. The van der Waals surface area contributed by atoms with Crippen LogP contribution in [0.15, 0.2) is 0 Å². The summed E-state index contributed by atoms with van der Waals surface area (Å²) in [6, 6.07) is 0. The van der Waals surface area contributed by atoms with Gasteiger partial charge < -0.3 is 5.11 Å². The molecule has 1 N–H and O–H groups in total. The van der Waals surface area contributed by atoms with E-state index >= 15 is 0 Å². The second-order valence-electron chi connectivity index (χ2n) is 3.34. The Kier molecular flexibility index (Phi) is 1.28. The van der Waals surface area contributed by atoms with Gasteiger partial charge in [0.05, 0.1) is 0 Å². The molecule has 0 saturated carbocycles. The molecule has 1 fully saturated rings. The summed E-state index contributed by atoms with van der Waals surface area (Å²) < 4.78 is 0. The van der Waals surface area contributed by atoms with Crippen LogP contribution in [0.1, 0.15) is 20.8 Å². The summed E-state index contributed by atoms with van der Waals surface area (Å²) in [7, 11) is 0. The molecule has 58 valence electrons. The molecule has 1 aliphatic heterocycles. The first kappa shape index (κ1) is 7.50. The lowest BCUT2D eigenvalue weighted by Gasteiger charge is -2.18. The molecule has 1 rings (SSSR count). The Morgan fingerprint density at radius 2 is 1.80 bits per heavy atom. The van der Waals surface area contributed by atoms with Crippen LogP contribution in [0.5, 0.6) is 0 Å². The van der Waals surface area contributed by atoms with Crippen LogP contribution in [0.2, 0.25) is 0 Å². The average molecular weight is 146 g/mol. The number of carbonyl (C=O) groups is 1. The Morgan fingerprint density at radius 3 is 1.80 bits per heavy atom. The molecule has 1 aliphatic rings. The van der Waals surface area contributed by atoms with E-state index in [4.69, 9.17) is 5.11 Å². The minimum Gasteiger partial charge on any atom is -0.477 e. The highest BCUT2D eigenvalue weighted by molar-refractivity contribution is 5.78. The summed E-state index contributed by atoms with van der Waals surface area (Å²) in [5, 5.41) is 8.59. The lowest BCUT2D eigenvalue weighted by molar-refractivity contribution is -0.148. The first-order valence-corrected chi connectivity index (χ1v) is 3.00. The van der Waals surface area contributed by atoms with E-state index in [1.165, 1.54) is 0 Å². The van der Waals surface area contributed by atoms with Gasteiger partial charge in [-0.05, 0) is 0 Å². The number of carboxylic acids is 1. The van der Waals surface area contributed by atoms with E-state index in [0.29, 0.717) is 0 Å². The van der Waals surface area contributed by atoms with E-state index < -0.39 is 17.2 Å². The smallest absolute Gasteiger partial charge is 0.370 e. The normalized spacial score (nSPS) is 22.3. The summed E-state index contributed by atoms with van der Waals surface area (Å²) >= 11 is 0. The summed E-state index contributed by atoms with van der Waals surface area (Å²) in [6.07, 6.45) is 0. The number of carboxylic acid groups (broad SMARTS) is 1. The van der Waals surface area contributed by atoms with Crippen molar-refractivity contribution in [3.8, 4) is 0 Å². The van der Waals surface area contributed by atoms with Gasteiger partial charge in [-0.15, -0.1) is 0 Å². The van der Waals surface area contributed by atoms with Gasteiger partial charge in [0, 0.05) is 5.41 Å². The molecular formula is C6H10O4. The van der Waals surface area contributed by atoms with Gasteiger partial charge in [-0.1, -0.05) is 20.8 Å². The Balaban J connectivity index is 2.80. The highest BCUT2D eigenvalue weighted by Gasteiger charge is 2.65. The van der Waals surface area contributed by atoms with Gasteiger partial charge in [0.15, 0.2) is 0 Å². The SMILES string of the molecule is CC(C)(C)C1(C(=O)O)OO1. The largest absolute Gasteiger partial charge is 0.477 e. The summed E-state index contributed by atoms with van der Waals surface area (Å²) in [5.74, 6) is -2.47. The van der Waals surface area contributed by atoms with Crippen molar-refractivity contribution >= 4 is 5.97 Å². The quantitative estimate of drug-likeness (QED) is 0.438. The first-order valence-electron chi connectivity index (χ1n) is 3.00. The van der Waals surface area contributed by atoms with Crippen molar-refractivity contribution in [2.24, 2.45) is 5.41 Å². The van der Waals surface area contributed by atoms with Crippen LogP contribution in [0.4, 0.5) is 0 Å². The molecule has 0 aromatic heterocycles. The van der Waals surface area contributed by atoms with E-state index in [0.717, 1.165) is 0 Å². The fraction of sp³-hybridized carbons (Fsp3) is 0.833. The maximum atomic E-state index is 10.5.